The lowest BCUT2D eigenvalue weighted by Gasteiger charge is -2.09. The van der Waals surface area contributed by atoms with Gasteiger partial charge < -0.3 is 4.57 Å². The number of para-hydroxylation sites is 2. The lowest BCUT2D eigenvalue weighted by Crippen LogP contribution is -2.09. The molecule has 0 saturated carbocycles. The number of benzene rings is 2. The molecule has 1 aromatic heterocycles. The van der Waals surface area contributed by atoms with Gasteiger partial charge in [-0.3, -0.25) is 0 Å². The minimum atomic E-state index is -4.42. The molecule has 0 unspecified atom stereocenters. The van der Waals surface area contributed by atoms with E-state index in [1.54, 1.807) is 11.6 Å². The Morgan fingerprint density at radius 2 is 1.78 bits per heavy atom. The molecule has 118 valence electrons. The van der Waals surface area contributed by atoms with Crippen LogP contribution in [0, 0.1) is 0 Å². The van der Waals surface area contributed by atoms with E-state index in [0.717, 1.165) is 23.3 Å². The van der Waals surface area contributed by atoms with Crippen molar-refractivity contribution in [2.45, 2.75) is 6.18 Å². The van der Waals surface area contributed by atoms with Crippen LogP contribution in [-0.4, -0.2) is 15.8 Å². The Labute approximate surface area is 130 Å². The number of anilines is 1. The highest BCUT2D eigenvalue weighted by molar-refractivity contribution is 5.83. The zero-order valence-corrected chi connectivity index (χ0v) is 12.2. The molecule has 0 bridgehead atoms. The summed E-state index contributed by atoms with van der Waals surface area (Å²) in [4.78, 5) is 4.33. The lowest BCUT2D eigenvalue weighted by atomic mass is 10.1. The summed E-state index contributed by atoms with van der Waals surface area (Å²) in [6.07, 6.45) is -3.28. The largest absolute Gasteiger partial charge is 0.417 e. The Hall–Kier alpha value is -2.83. The number of hydrogen-bond donors (Lipinski definition) is 1. The normalized spacial score (nSPS) is 12.2. The first kappa shape index (κ1) is 15.1. The van der Waals surface area contributed by atoms with Crippen LogP contribution < -0.4 is 5.43 Å². The summed E-state index contributed by atoms with van der Waals surface area (Å²) in [5, 5.41) is 3.88. The number of nitrogens with one attached hydrogen (secondary N) is 1. The number of rotatable bonds is 3. The minimum absolute atomic E-state index is 0.00809. The smallest absolute Gasteiger partial charge is 0.312 e. The van der Waals surface area contributed by atoms with E-state index in [9.17, 15) is 13.2 Å². The summed E-state index contributed by atoms with van der Waals surface area (Å²) >= 11 is 0. The van der Waals surface area contributed by atoms with Crippen molar-refractivity contribution in [2.75, 3.05) is 5.43 Å². The Morgan fingerprint density at radius 3 is 2.52 bits per heavy atom. The van der Waals surface area contributed by atoms with Crippen LogP contribution in [0.2, 0.25) is 0 Å². The second kappa shape index (κ2) is 5.75. The quantitative estimate of drug-likeness (QED) is 0.585. The molecular formula is C16H13F3N4. The molecule has 0 amide bonds. The van der Waals surface area contributed by atoms with Crippen LogP contribution in [0.4, 0.5) is 19.1 Å². The molecule has 2 aromatic carbocycles. The molecule has 23 heavy (non-hydrogen) atoms. The molecule has 1 N–H and O–H groups in total. The number of halogens is 3. The van der Waals surface area contributed by atoms with E-state index >= 15 is 0 Å². The average molecular weight is 318 g/mol. The van der Waals surface area contributed by atoms with Crippen molar-refractivity contribution in [1.82, 2.24) is 9.55 Å². The zero-order chi connectivity index (χ0) is 16.4. The molecule has 0 aliphatic rings. The van der Waals surface area contributed by atoms with Crippen molar-refractivity contribution in [3.8, 4) is 0 Å². The van der Waals surface area contributed by atoms with E-state index in [2.05, 4.69) is 15.5 Å². The fraction of sp³-hybridized carbons (Fsp3) is 0.125. The molecule has 7 heteroatoms. The predicted octanol–water partition coefficient (Wildman–Crippen LogP) is 4.04. The summed E-state index contributed by atoms with van der Waals surface area (Å²) < 4.78 is 40.5. The summed E-state index contributed by atoms with van der Waals surface area (Å²) in [5.74, 6) is 0.451. The molecule has 1 heterocycles. The van der Waals surface area contributed by atoms with Gasteiger partial charge in [0.25, 0.3) is 0 Å². The maximum atomic E-state index is 12.9. The first-order valence-electron chi connectivity index (χ1n) is 6.83. The number of nitrogens with zero attached hydrogens (tertiary/aromatic N) is 3. The second-order valence-electron chi connectivity index (χ2n) is 4.94. The minimum Gasteiger partial charge on any atom is -0.312 e. The Balaban J connectivity index is 1.86. The molecule has 0 atom stereocenters. The fourth-order valence-corrected chi connectivity index (χ4v) is 2.27. The van der Waals surface area contributed by atoms with Crippen LogP contribution in [-0.2, 0) is 13.2 Å². The molecule has 3 rings (SSSR count). The number of fused-ring (bicyclic) bond motifs is 1. The van der Waals surface area contributed by atoms with E-state index in [1.165, 1.54) is 18.2 Å². The second-order valence-corrected chi connectivity index (χ2v) is 4.94. The van der Waals surface area contributed by atoms with Crippen molar-refractivity contribution >= 4 is 23.2 Å². The molecule has 3 aromatic rings. The van der Waals surface area contributed by atoms with Crippen LogP contribution in [0.1, 0.15) is 11.1 Å². The maximum absolute atomic E-state index is 12.9. The maximum Gasteiger partial charge on any atom is 0.417 e. The molecular weight excluding hydrogens is 305 g/mol. The summed E-state index contributed by atoms with van der Waals surface area (Å²) in [7, 11) is 1.80. The molecule has 0 radical (unpaired) electrons. The third-order valence-corrected chi connectivity index (χ3v) is 3.42. The van der Waals surface area contributed by atoms with Crippen molar-refractivity contribution in [1.29, 1.82) is 0 Å². The number of hydrazone groups is 1. The number of aryl methyl sites for hydroxylation is 1. The summed E-state index contributed by atoms with van der Waals surface area (Å²) in [6.45, 7) is 0. The van der Waals surface area contributed by atoms with Gasteiger partial charge in [-0.25, -0.2) is 10.4 Å². The number of alkyl halides is 3. The van der Waals surface area contributed by atoms with Gasteiger partial charge in [-0.2, -0.15) is 18.3 Å². The average Bonchev–Trinajstić information content (AvgIpc) is 2.84. The van der Waals surface area contributed by atoms with Crippen LogP contribution >= 0.6 is 0 Å². The molecule has 4 nitrogen and oxygen atoms in total. The highest BCUT2D eigenvalue weighted by atomic mass is 19.4. The van der Waals surface area contributed by atoms with Crippen molar-refractivity contribution in [3.63, 3.8) is 0 Å². The van der Waals surface area contributed by atoms with Gasteiger partial charge in [0.15, 0.2) is 0 Å². The van der Waals surface area contributed by atoms with Crippen LogP contribution in [0.25, 0.3) is 11.0 Å². The van der Waals surface area contributed by atoms with Crippen molar-refractivity contribution in [2.24, 2.45) is 12.1 Å². The molecule has 0 saturated heterocycles. The first-order chi connectivity index (χ1) is 11.0. The van der Waals surface area contributed by atoms with Crippen molar-refractivity contribution < 1.29 is 13.2 Å². The monoisotopic (exact) mass is 318 g/mol. The van der Waals surface area contributed by atoms with Gasteiger partial charge in [0.2, 0.25) is 5.95 Å². The topological polar surface area (TPSA) is 42.2 Å². The zero-order valence-electron chi connectivity index (χ0n) is 12.2. The Bertz CT molecular complexity index is 865. The number of imidazole rings is 1. The van der Waals surface area contributed by atoms with Gasteiger partial charge >= 0.3 is 6.18 Å². The van der Waals surface area contributed by atoms with Crippen LogP contribution in [0.5, 0.6) is 0 Å². The summed E-state index contributed by atoms with van der Waals surface area (Å²) in [5.41, 5.74) is 3.63. The highest BCUT2D eigenvalue weighted by Gasteiger charge is 2.32. The standard InChI is InChI=1S/C16H13F3N4/c1-23-14-9-5-4-8-13(14)21-15(23)22-20-10-11-6-2-3-7-12(11)16(17,18)19/h2-10H,1H3,(H,21,22)/b20-10-. The highest BCUT2D eigenvalue weighted by Crippen LogP contribution is 2.31. The third kappa shape index (κ3) is 3.03. The van der Waals surface area contributed by atoms with Gasteiger partial charge in [0.05, 0.1) is 22.8 Å². The SMILES string of the molecule is Cn1c(N/N=C\c2ccccc2C(F)(F)F)nc2ccccc21. The van der Waals surface area contributed by atoms with Gasteiger partial charge in [-0.05, 0) is 18.2 Å². The van der Waals surface area contributed by atoms with E-state index in [1.807, 2.05) is 24.3 Å². The molecule has 0 aliphatic carbocycles. The molecule has 0 aliphatic heterocycles. The summed E-state index contributed by atoms with van der Waals surface area (Å²) in [6, 6.07) is 12.8. The Kier molecular flexibility index (Phi) is 3.77. The van der Waals surface area contributed by atoms with E-state index in [4.69, 9.17) is 0 Å². The van der Waals surface area contributed by atoms with E-state index in [-0.39, 0.29) is 5.56 Å². The lowest BCUT2D eigenvalue weighted by molar-refractivity contribution is -0.137. The van der Waals surface area contributed by atoms with Gasteiger partial charge in [-0.1, -0.05) is 30.3 Å². The van der Waals surface area contributed by atoms with E-state index in [0.29, 0.717) is 5.95 Å². The first-order valence-corrected chi connectivity index (χ1v) is 6.83. The van der Waals surface area contributed by atoms with Crippen LogP contribution in [0.15, 0.2) is 53.6 Å². The van der Waals surface area contributed by atoms with Crippen LogP contribution in [0.3, 0.4) is 0 Å². The van der Waals surface area contributed by atoms with Gasteiger partial charge in [0, 0.05) is 12.6 Å². The molecule has 0 spiro atoms. The number of hydrogen-bond acceptors (Lipinski definition) is 3. The van der Waals surface area contributed by atoms with E-state index < -0.39 is 11.7 Å². The molecule has 0 fully saturated rings. The fourth-order valence-electron chi connectivity index (χ4n) is 2.27. The van der Waals surface area contributed by atoms with Gasteiger partial charge in [0.1, 0.15) is 0 Å². The Morgan fingerprint density at radius 1 is 1.09 bits per heavy atom. The third-order valence-electron chi connectivity index (χ3n) is 3.42. The predicted molar refractivity (Wildman–Crippen MR) is 83.4 cm³/mol. The number of aromatic nitrogens is 2. The van der Waals surface area contributed by atoms with Gasteiger partial charge in [-0.15, -0.1) is 0 Å². The van der Waals surface area contributed by atoms with Crippen molar-refractivity contribution in [3.05, 3.63) is 59.7 Å².